The van der Waals surface area contributed by atoms with Gasteiger partial charge in [-0.15, -0.1) is 0 Å². The smallest absolute Gasteiger partial charge is 0.275 e. The number of nitrogens with zero attached hydrogens (tertiary/aromatic N) is 3. The maximum absolute atomic E-state index is 13.2. The van der Waals surface area contributed by atoms with Crippen molar-refractivity contribution >= 4 is 16.7 Å². The average Bonchev–Trinajstić information content (AvgIpc) is 2.69. The van der Waals surface area contributed by atoms with Crippen LogP contribution in [0.15, 0.2) is 29.1 Å². The Morgan fingerprint density at radius 2 is 2.00 bits per heavy atom. The fourth-order valence-corrected chi connectivity index (χ4v) is 3.36. The summed E-state index contributed by atoms with van der Waals surface area (Å²) in [6.45, 7) is 6.38. The monoisotopic (exact) mass is 357 g/mol. The lowest BCUT2D eigenvalue weighted by molar-refractivity contribution is -0.0228. The van der Waals surface area contributed by atoms with E-state index in [1.165, 1.54) is 4.68 Å². The molecule has 0 aliphatic carbocycles. The zero-order valence-corrected chi connectivity index (χ0v) is 15.6. The van der Waals surface area contributed by atoms with Crippen molar-refractivity contribution in [2.75, 3.05) is 19.7 Å². The Morgan fingerprint density at radius 3 is 2.73 bits per heavy atom. The third kappa shape index (κ3) is 3.80. The van der Waals surface area contributed by atoms with Crippen molar-refractivity contribution in [2.45, 2.75) is 52.2 Å². The lowest BCUT2D eigenvalue weighted by Gasteiger charge is -2.32. The molecule has 0 saturated carbocycles. The molecule has 1 fully saturated rings. The molecule has 1 atom stereocenters. The van der Waals surface area contributed by atoms with Crippen molar-refractivity contribution in [2.24, 2.45) is 0 Å². The van der Waals surface area contributed by atoms with Crippen molar-refractivity contribution in [1.29, 1.82) is 0 Å². The van der Waals surface area contributed by atoms with Crippen molar-refractivity contribution in [3.63, 3.8) is 0 Å². The number of carbonyl (C=O) groups excluding carboxylic acids is 1. The Kier molecular flexibility index (Phi) is 6.04. The number of aromatic nitrogens is 2. The van der Waals surface area contributed by atoms with Crippen LogP contribution in [0.3, 0.4) is 0 Å². The van der Waals surface area contributed by atoms with E-state index >= 15 is 0 Å². The summed E-state index contributed by atoms with van der Waals surface area (Å²) in [5.74, 6) is -0.118. The van der Waals surface area contributed by atoms with Gasteiger partial charge in [-0.05, 0) is 18.9 Å². The minimum atomic E-state index is -0.123. The summed E-state index contributed by atoms with van der Waals surface area (Å²) in [7, 11) is 0. The van der Waals surface area contributed by atoms with E-state index in [1.54, 1.807) is 11.0 Å². The Morgan fingerprint density at radius 1 is 1.23 bits per heavy atom. The third-order valence-electron chi connectivity index (χ3n) is 4.93. The number of unbranched alkanes of at least 4 members (excludes halogenated alkanes) is 2. The summed E-state index contributed by atoms with van der Waals surface area (Å²) in [4.78, 5) is 27.7. The molecular formula is C20H27N3O3. The number of aryl methyl sites for hydroxylation is 1. The van der Waals surface area contributed by atoms with Crippen molar-refractivity contribution in [1.82, 2.24) is 14.7 Å². The average molecular weight is 357 g/mol. The van der Waals surface area contributed by atoms with Crippen molar-refractivity contribution in [3.05, 3.63) is 40.3 Å². The Labute approximate surface area is 153 Å². The number of ether oxygens (including phenoxy) is 1. The molecule has 6 nitrogen and oxygen atoms in total. The second-order valence-electron chi connectivity index (χ2n) is 6.78. The van der Waals surface area contributed by atoms with Gasteiger partial charge in [-0.2, -0.15) is 5.10 Å². The van der Waals surface area contributed by atoms with Gasteiger partial charge in [0.15, 0.2) is 5.69 Å². The predicted molar refractivity (Wildman–Crippen MR) is 101 cm³/mol. The number of benzene rings is 1. The van der Waals surface area contributed by atoms with Crippen LogP contribution in [-0.4, -0.2) is 46.4 Å². The van der Waals surface area contributed by atoms with Crippen LogP contribution in [0.2, 0.25) is 0 Å². The van der Waals surface area contributed by atoms with Gasteiger partial charge in [0.1, 0.15) is 0 Å². The first-order valence-electron chi connectivity index (χ1n) is 9.56. The van der Waals surface area contributed by atoms with E-state index in [0.29, 0.717) is 42.7 Å². The molecule has 2 heterocycles. The number of rotatable bonds is 6. The summed E-state index contributed by atoms with van der Waals surface area (Å²) < 4.78 is 7.13. The van der Waals surface area contributed by atoms with Gasteiger partial charge < -0.3 is 9.64 Å². The molecule has 0 radical (unpaired) electrons. The molecule has 1 aliphatic heterocycles. The zero-order chi connectivity index (χ0) is 18.5. The van der Waals surface area contributed by atoms with Crippen LogP contribution in [-0.2, 0) is 11.3 Å². The largest absolute Gasteiger partial charge is 0.375 e. The van der Waals surface area contributed by atoms with Gasteiger partial charge in [-0.3, -0.25) is 9.59 Å². The first-order valence-corrected chi connectivity index (χ1v) is 9.56. The van der Waals surface area contributed by atoms with E-state index in [1.807, 2.05) is 18.2 Å². The minimum absolute atomic E-state index is 0.0643. The highest BCUT2D eigenvalue weighted by molar-refractivity contribution is 6.04. The van der Waals surface area contributed by atoms with Crippen molar-refractivity contribution < 1.29 is 9.53 Å². The summed E-state index contributed by atoms with van der Waals surface area (Å²) in [5, 5.41) is 5.66. The molecule has 1 saturated heterocycles. The third-order valence-corrected chi connectivity index (χ3v) is 4.93. The lowest BCUT2D eigenvalue weighted by atomic mass is 10.1. The Bertz CT molecular complexity index is 831. The van der Waals surface area contributed by atoms with Gasteiger partial charge in [0.05, 0.1) is 18.1 Å². The van der Waals surface area contributed by atoms with Gasteiger partial charge in [0.25, 0.3) is 11.5 Å². The molecule has 26 heavy (non-hydrogen) atoms. The zero-order valence-electron chi connectivity index (χ0n) is 15.6. The van der Waals surface area contributed by atoms with Crippen LogP contribution in [0, 0.1) is 0 Å². The molecule has 0 bridgehead atoms. The number of amides is 1. The lowest BCUT2D eigenvalue weighted by Crippen LogP contribution is -2.46. The van der Waals surface area contributed by atoms with Crippen LogP contribution < -0.4 is 5.56 Å². The van der Waals surface area contributed by atoms with E-state index in [-0.39, 0.29) is 17.6 Å². The number of hydrogen-bond donors (Lipinski definition) is 0. The van der Waals surface area contributed by atoms with Gasteiger partial charge in [-0.25, -0.2) is 4.68 Å². The summed E-state index contributed by atoms with van der Waals surface area (Å²) >= 11 is 0. The fourth-order valence-electron chi connectivity index (χ4n) is 3.36. The maximum Gasteiger partial charge on any atom is 0.275 e. The molecule has 140 valence electrons. The van der Waals surface area contributed by atoms with Crippen LogP contribution in [0.1, 0.15) is 50.0 Å². The Hall–Kier alpha value is -2.21. The highest BCUT2D eigenvalue weighted by Crippen LogP contribution is 2.18. The van der Waals surface area contributed by atoms with Crippen LogP contribution >= 0.6 is 0 Å². The molecule has 6 heteroatoms. The predicted octanol–water partition coefficient (Wildman–Crippen LogP) is 2.84. The Balaban J connectivity index is 1.99. The van der Waals surface area contributed by atoms with E-state index < -0.39 is 0 Å². The SMILES string of the molecule is CCCCCn1nc(C(=O)N2CCO[C@@H](CC)C2)c2ccccc2c1=O. The molecule has 1 amide bonds. The molecule has 1 aromatic carbocycles. The molecule has 2 aromatic rings. The van der Waals surface area contributed by atoms with E-state index in [4.69, 9.17) is 4.74 Å². The van der Waals surface area contributed by atoms with E-state index in [9.17, 15) is 9.59 Å². The summed E-state index contributed by atoms with van der Waals surface area (Å²) in [6, 6.07) is 7.26. The molecule has 0 unspecified atom stereocenters. The number of hydrogen-bond acceptors (Lipinski definition) is 4. The fraction of sp³-hybridized carbons (Fsp3) is 0.550. The quantitative estimate of drug-likeness (QED) is 0.746. The molecule has 1 aromatic heterocycles. The summed E-state index contributed by atoms with van der Waals surface area (Å²) in [6.07, 6.45) is 3.92. The minimum Gasteiger partial charge on any atom is -0.375 e. The normalized spacial score (nSPS) is 17.6. The first kappa shape index (κ1) is 18.6. The van der Waals surface area contributed by atoms with Crippen LogP contribution in [0.5, 0.6) is 0 Å². The number of morpholine rings is 1. The van der Waals surface area contributed by atoms with Gasteiger partial charge in [0.2, 0.25) is 0 Å². The highest BCUT2D eigenvalue weighted by Gasteiger charge is 2.27. The molecule has 3 rings (SSSR count). The number of fused-ring (bicyclic) bond motifs is 1. The maximum atomic E-state index is 13.2. The van der Waals surface area contributed by atoms with Crippen molar-refractivity contribution in [3.8, 4) is 0 Å². The standard InChI is InChI=1S/C20H27N3O3/c1-3-5-8-11-23-19(24)17-10-7-6-9-16(17)18(21-23)20(25)22-12-13-26-15(4-2)14-22/h6-7,9-10,15H,3-5,8,11-14H2,1-2H3/t15-/m0/s1. The van der Waals surface area contributed by atoms with Gasteiger partial charge in [0, 0.05) is 25.0 Å². The van der Waals surface area contributed by atoms with Gasteiger partial charge >= 0.3 is 0 Å². The van der Waals surface area contributed by atoms with Crippen LogP contribution in [0.4, 0.5) is 0 Å². The molecule has 0 N–H and O–H groups in total. The highest BCUT2D eigenvalue weighted by atomic mass is 16.5. The second kappa shape index (κ2) is 8.45. The van der Waals surface area contributed by atoms with Gasteiger partial charge in [-0.1, -0.05) is 44.9 Å². The molecule has 1 aliphatic rings. The van der Waals surface area contributed by atoms with E-state index in [0.717, 1.165) is 25.7 Å². The summed E-state index contributed by atoms with van der Waals surface area (Å²) in [5.41, 5.74) is 0.245. The molecule has 0 spiro atoms. The number of carbonyl (C=O) groups is 1. The first-order chi connectivity index (χ1) is 12.7. The molecular weight excluding hydrogens is 330 g/mol. The topological polar surface area (TPSA) is 64.4 Å². The van der Waals surface area contributed by atoms with Crippen LogP contribution in [0.25, 0.3) is 10.8 Å². The van der Waals surface area contributed by atoms with E-state index in [2.05, 4.69) is 18.9 Å². The second-order valence-corrected chi connectivity index (χ2v) is 6.78.